The molecule has 2 rings (SSSR count). The third kappa shape index (κ3) is 3.90. The number of hydrogen-bond acceptors (Lipinski definition) is 3. The van der Waals surface area contributed by atoms with Crippen molar-refractivity contribution in [3.8, 4) is 0 Å². The quantitative estimate of drug-likeness (QED) is 0.658. The Morgan fingerprint density at radius 2 is 2.43 bits per heavy atom. The number of rotatable bonds is 5. The van der Waals surface area contributed by atoms with E-state index >= 15 is 0 Å². The summed E-state index contributed by atoms with van der Waals surface area (Å²) in [6, 6.07) is 0. The van der Waals surface area contributed by atoms with E-state index in [1.165, 1.54) is 12.4 Å². The first kappa shape index (κ1) is 15.7. The predicted octanol–water partition coefficient (Wildman–Crippen LogP) is 1.32. The van der Waals surface area contributed by atoms with E-state index in [4.69, 9.17) is 4.74 Å². The average molecular weight is 301 g/mol. The topological polar surface area (TPSA) is 54.7 Å². The second-order valence-corrected chi connectivity index (χ2v) is 4.99. The fourth-order valence-electron chi connectivity index (χ4n) is 2.55. The first-order valence-electron chi connectivity index (χ1n) is 6.90. The Balaban J connectivity index is 1.90. The summed E-state index contributed by atoms with van der Waals surface area (Å²) in [6.07, 6.45) is 3.69. The van der Waals surface area contributed by atoms with E-state index in [2.05, 4.69) is 20.2 Å². The van der Waals surface area contributed by atoms with Crippen LogP contribution in [0.25, 0.3) is 0 Å². The fourth-order valence-corrected chi connectivity index (χ4v) is 2.55. The summed E-state index contributed by atoms with van der Waals surface area (Å²) >= 11 is 0. The van der Waals surface area contributed by atoms with Crippen LogP contribution < -0.4 is 5.32 Å². The first-order valence-corrected chi connectivity index (χ1v) is 6.90. The number of methoxy groups -OCH3 is 1. The number of alkyl halides is 2. The van der Waals surface area contributed by atoms with Gasteiger partial charge in [-0.3, -0.25) is 9.56 Å². The molecule has 0 bridgehead atoms. The molecule has 0 saturated carbocycles. The molecule has 0 aromatic carbocycles. The van der Waals surface area contributed by atoms with E-state index in [0.29, 0.717) is 17.7 Å². The van der Waals surface area contributed by atoms with E-state index in [0.717, 1.165) is 30.7 Å². The Morgan fingerprint density at radius 3 is 3.10 bits per heavy atom. The molecule has 1 aromatic heterocycles. The van der Waals surface area contributed by atoms with Crippen molar-refractivity contribution < 1.29 is 13.5 Å². The van der Waals surface area contributed by atoms with Crippen molar-refractivity contribution in [3.05, 3.63) is 18.2 Å². The summed E-state index contributed by atoms with van der Waals surface area (Å²) in [5.74, 6) is 1.48. The molecule has 0 spiro atoms. The number of imidazole rings is 1. The highest BCUT2D eigenvalue weighted by atomic mass is 19.3. The number of nitrogens with zero attached hydrogens (tertiary/aromatic N) is 4. The molecule has 0 amide bonds. The van der Waals surface area contributed by atoms with Gasteiger partial charge in [-0.25, -0.2) is 4.98 Å². The van der Waals surface area contributed by atoms with Gasteiger partial charge in [0.05, 0.1) is 13.2 Å². The van der Waals surface area contributed by atoms with Crippen molar-refractivity contribution >= 4 is 5.96 Å². The second-order valence-electron chi connectivity index (χ2n) is 4.99. The van der Waals surface area contributed by atoms with Crippen LogP contribution in [0, 0.1) is 5.92 Å². The molecule has 1 aromatic rings. The molecule has 8 heteroatoms. The number of nitrogens with one attached hydrogen (secondary N) is 1. The van der Waals surface area contributed by atoms with Crippen LogP contribution in [-0.2, 0) is 11.3 Å². The maximum Gasteiger partial charge on any atom is 0.319 e. The van der Waals surface area contributed by atoms with Gasteiger partial charge >= 0.3 is 6.55 Å². The van der Waals surface area contributed by atoms with Gasteiger partial charge in [-0.05, 0) is 6.42 Å². The van der Waals surface area contributed by atoms with Crippen LogP contribution in [-0.4, -0.2) is 54.3 Å². The van der Waals surface area contributed by atoms with Crippen LogP contribution in [0.2, 0.25) is 0 Å². The number of ether oxygens (including phenoxy) is 1. The van der Waals surface area contributed by atoms with Crippen LogP contribution in [0.15, 0.2) is 17.4 Å². The molecule has 0 radical (unpaired) electrons. The van der Waals surface area contributed by atoms with Gasteiger partial charge in [0.2, 0.25) is 0 Å². The van der Waals surface area contributed by atoms with Crippen LogP contribution in [0.4, 0.5) is 8.78 Å². The molecule has 1 fully saturated rings. The molecule has 21 heavy (non-hydrogen) atoms. The van der Waals surface area contributed by atoms with Gasteiger partial charge in [-0.1, -0.05) is 0 Å². The van der Waals surface area contributed by atoms with Crippen molar-refractivity contribution in [2.75, 3.05) is 33.9 Å². The minimum atomic E-state index is -2.58. The lowest BCUT2D eigenvalue weighted by Gasteiger charge is -2.21. The second kappa shape index (κ2) is 7.35. The van der Waals surface area contributed by atoms with Crippen molar-refractivity contribution in [3.63, 3.8) is 0 Å². The minimum absolute atomic E-state index is 0.218. The smallest absolute Gasteiger partial charge is 0.319 e. The monoisotopic (exact) mass is 301 g/mol. The van der Waals surface area contributed by atoms with Crippen LogP contribution in [0.3, 0.4) is 0 Å². The number of aromatic nitrogens is 2. The molecule has 2 heterocycles. The molecule has 1 aliphatic heterocycles. The number of likely N-dealkylation sites (tertiary alicyclic amines) is 1. The van der Waals surface area contributed by atoms with Gasteiger partial charge in [-0.2, -0.15) is 8.78 Å². The number of hydrogen-bond donors (Lipinski definition) is 1. The zero-order valence-corrected chi connectivity index (χ0v) is 12.3. The summed E-state index contributed by atoms with van der Waals surface area (Å²) < 4.78 is 31.5. The summed E-state index contributed by atoms with van der Waals surface area (Å²) in [5.41, 5.74) is 0. The minimum Gasteiger partial charge on any atom is -0.384 e. The Labute approximate surface area is 122 Å². The SMILES string of the molecule is CN=C(NCc1nccn1C(F)F)N1CCC(COC)C1. The number of aliphatic imine (C=N–C) groups is 1. The van der Waals surface area contributed by atoms with Gasteiger partial charge in [0, 0.05) is 45.6 Å². The first-order chi connectivity index (χ1) is 10.2. The maximum absolute atomic E-state index is 12.7. The lowest BCUT2D eigenvalue weighted by atomic mass is 10.1. The van der Waals surface area contributed by atoms with Crippen molar-refractivity contribution in [1.82, 2.24) is 19.8 Å². The highest BCUT2D eigenvalue weighted by Gasteiger charge is 2.24. The Morgan fingerprint density at radius 1 is 1.62 bits per heavy atom. The molecule has 1 aliphatic rings. The zero-order valence-electron chi connectivity index (χ0n) is 12.3. The molecule has 1 N–H and O–H groups in total. The van der Waals surface area contributed by atoms with Crippen LogP contribution in [0.5, 0.6) is 0 Å². The molecule has 118 valence electrons. The van der Waals surface area contributed by atoms with E-state index < -0.39 is 6.55 Å². The molecule has 1 unspecified atom stereocenters. The molecule has 1 saturated heterocycles. The van der Waals surface area contributed by atoms with Gasteiger partial charge in [-0.15, -0.1) is 0 Å². The van der Waals surface area contributed by atoms with Crippen LogP contribution >= 0.6 is 0 Å². The highest BCUT2D eigenvalue weighted by molar-refractivity contribution is 5.80. The van der Waals surface area contributed by atoms with E-state index in [-0.39, 0.29) is 6.54 Å². The summed E-state index contributed by atoms with van der Waals surface area (Å²) in [6.45, 7) is 0.108. The molecular weight excluding hydrogens is 280 g/mol. The number of guanidine groups is 1. The predicted molar refractivity (Wildman–Crippen MR) is 75.2 cm³/mol. The summed E-state index contributed by atoms with van der Waals surface area (Å²) in [5, 5.41) is 3.09. The Kier molecular flexibility index (Phi) is 5.49. The molecular formula is C13H21F2N5O. The zero-order chi connectivity index (χ0) is 15.2. The van der Waals surface area contributed by atoms with Crippen molar-refractivity contribution in [2.45, 2.75) is 19.5 Å². The van der Waals surface area contributed by atoms with Crippen LogP contribution in [0.1, 0.15) is 18.8 Å². The molecule has 0 aliphatic carbocycles. The Bertz CT molecular complexity index is 477. The maximum atomic E-state index is 12.7. The standard InChI is InChI=1S/C13H21F2N5O/c1-16-13(19-5-3-10(8-19)9-21-2)18-7-11-17-4-6-20(11)12(14)15/h4,6,10,12H,3,5,7-9H2,1-2H3,(H,16,18). The molecule has 6 nitrogen and oxygen atoms in total. The lowest BCUT2D eigenvalue weighted by molar-refractivity contribution is 0.0668. The summed E-state index contributed by atoms with van der Waals surface area (Å²) in [4.78, 5) is 10.3. The van der Waals surface area contributed by atoms with Gasteiger partial charge in [0.15, 0.2) is 5.96 Å². The highest BCUT2D eigenvalue weighted by Crippen LogP contribution is 2.17. The van der Waals surface area contributed by atoms with Gasteiger partial charge < -0.3 is 15.0 Å². The average Bonchev–Trinajstić information content (AvgIpc) is 3.09. The molecule has 1 atom stereocenters. The number of halogens is 2. The third-order valence-corrected chi connectivity index (χ3v) is 3.56. The lowest BCUT2D eigenvalue weighted by Crippen LogP contribution is -2.40. The van der Waals surface area contributed by atoms with E-state index in [1.54, 1.807) is 14.2 Å². The fraction of sp³-hybridized carbons (Fsp3) is 0.692. The summed E-state index contributed by atoms with van der Waals surface area (Å²) in [7, 11) is 3.38. The third-order valence-electron chi connectivity index (χ3n) is 3.56. The van der Waals surface area contributed by atoms with E-state index in [1.807, 2.05) is 0 Å². The largest absolute Gasteiger partial charge is 0.384 e. The van der Waals surface area contributed by atoms with Crippen molar-refractivity contribution in [1.29, 1.82) is 0 Å². The Hall–Kier alpha value is -1.70. The van der Waals surface area contributed by atoms with Crippen molar-refractivity contribution in [2.24, 2.45) is 10.9 Å². The van der Waals surface area contributed by atoms with E-state index in [9.17, 15) is 8.78 Å². The normalized spacial score (nSPS) is 19.6. The van der Waals surface area contributed by atoms with Gasteiger partial charge in [0.25, 0.3) is 0 Å². The van der Waals surface area contributed by atoms with Gasteiger partial charge in [0.1, 0.15) is 5.82 Å².